The number of halogens is 5. The fraction of sp³-hybridized carbons (Fsp3) is 0.480. The molecule has 1 saturated heterocycles. The molecule has 1 unspecified atom stereocenters. The van der Waals surface area contributed by atoms with Crippen molar-refractivity contribution in [1.29, 1.82) is 0 Å². The molecule has 2 heterocycles. The van der Waals surface area contributed by atoms with Gasteiger partial charge in [-0.1, -0.05) is 56.1 Å². The Kier molecular flexibility index (Phi) is 10.2. The van der Waals surface area contributed by atoms with Gasteiger partial charge < -0.3 is 9.67 Å². The van der Waals surface area contributed by atoms with Gasteiger partial charge in [-0.2, -0.15) is 13.2 Å². The molecule has 1 aromatic heterocycles. The molecule has 0 bridgehead atoms. The van der Waals surface area contributed by atoms with Gasteiger partial charge in [-0.25, -0.2) is 4.79 Å². The minimum absolute atomic E-state index is 0.110. The number of carboxylic acids is 1. The quantitative estimate of drug-likeness (QED) is 0.457. The Morgan fingerprint density at radius 1 is 1.14 bits per heavy atom. The Bertz CT molecular complexity index is 1130. The third-order valence-corrected chi connectivity index (χ3v) is 6.58. The number of carbonyl (C=O) groups excluding carboxylic acids is 1. The van der Waals surface area contributed by atoms with E-state index in [9.17, 15) is 22.8 Å². The highest BCUT2D eigenvalue weighted by Gasteiger charge is 2.34. The summed E-state index contributed by atoms with van der Waals surface area (Å²) >= 11 is 12.7. The van der Waals surface area contributed by atoms with Crippen LogP contribution in [0, 0.1) is 5.41 Å². The molecule has 1 aliphatic heterocycles. The molecule has 1 aromatic carbocycles. The summed E-state index contributed by atoms with van der Waals surface area (Å²) in [7, 11) is 0. The molecule has 2 aromatic rings. The smallest absolute Gasteiger partial charge is 0.446 e. The topological polar surface area (TPSA) is 79.6 Å². The first-order chi connectivity index (χ1) is 16.6. The van der Waals surface area contributed by atoms with Crippen molar-refractivity contribution in [2.24, 2.45) is 5.41 Å². The number of nitrogens with zero attached hydrogens (tertiary/aromatic N) is 2. The molecule has 0 aliphatic carbocycles. The number of rotatable bonds is 6. The third kappa shape index (κ3) is 8.35. The maximum atomic E-state index is 12.8. The van der Waals surface area contributed by atoms with Crippen molar-refractivity contribution in [2.75, 3.05) is 6.54 Å². The third-order valence-electron chi connectivity index (χ3n) is 5.98. The second-order valence-electron chi connectivity index (χ2n) is 9.65. The maximum absolute atomic E-state index is 12.8. The molecule has 0 saturated carbocycles. The summed E-state index contributed by atoms with van der Waals surface area (Å²) in [6.45, 7) is 8.74. The van der Waals surface area contributed by atoms with Crippen molar-refractivity contribution < 1.29 is 27.9 Å². The van der Waals surface area contributed by atoms with Crippen LogP contribution in [0.25, 0.3) is 0 Å². The van der Waals surface area contributed by atoms with Gasteiger partial charge in [0.05, 0.1) is 16.3 Å². The van der Waals surface area contributed by atoms with Gasteiger partial charge in [0, 0.05) is 19.1 Å². The number of pyridine rings is 1. The van der Waals surface area contributed by atoms with Gasteiger partial charge >= 0.3 is 12.1 Å². The molecule has 0 spiro atoms. The van der Waals surface area contributed by atoms with Crippen LogP contribution in [0.4, 0.5) is 13.2 Å². The van der Waals surface area contributed by atoms with Crippen LogP contribution < -0.4 is 5.56 Å². The number of likely N-dealkylation sites (tertiary alicyclic amines) is 1. The van der Waals surface area contributed by atoms with E-state index in [0.29, 0.717) is 30.6 Å². The zero-order valence-electron chi connectivity index (χ0n) is 20.2. The molecule has 198 valence electrons. The minimum atomic E-state index is -4.64. The second-order valence-corrected chi connectivity index (χ2v) is 10.5. The highest BCUT2D eigenvalue weighted by molar-refractivity contribution is 6.34. The van der Waals surface area contributed by atoms with E-state index in [1.54, 1.807) is 34.9 Å². The molecule has 6 nitrogen and oxygen atoms in total. The number of carboxylic acid groups (broad SMARTS) is 1. The molecule has 0 radical (unpaired) electrons. The fourth-order valence-corrected chi connectivity index (χ4v) is 4.82. The zero-order chi connectivity index (χ0) is 27.3. The summed E-state index contributed by atoms with van der Waals surface area (Å²) in [5.74, 6) is -0.958. The number of benzene rings is 1. The number of aldehydes is 1. The molecule has 3 rings (SSSR count). The summed E-state index contributed by atoms with van der Waals surface area (Å²) in [4.78, 5) is 35.0. The van der Waals surface area contributed by atoms with Crippen molar-refractivity contribution in [1.82, 2.24) is 9.47 Å². The van der Waals surface area contributed by atoms with Crippen molar-refractivity contribution in [3.05, 3.63) is 67.6 Å². The minimum Gasteiger partial charge on any atom is -0.478 e. The largest absolute Gasteiger partial charge is 0.478 e. The Labute approximate surface area is 217 Å². The molecular weight excluding hydrogens is 520 g/mol. The summed E-state index contributed by atoms with van der Waals surface area (Å²) in [5, 5.41) is 9.66. The molecule has 0 amide bonds. The lowest BCUT2D eigenvalue weighted by atomic mass is 9.85. The average Bonchev–Trinajstić information content (AvgIpc) is 3.26. The molecule has 1 atom stereocenters. The lowest BCUT2D eigenvalue weighted by Crippen LogP contribution is -2.40. The highest BCUT2D eigenvalue weighted by atomic mass is 35.5. The summed E-state index contributed by atoms with van der Waals surface area (Å²) in [6, 6.07) is 8.67. The molecule has 1 fully saturated rings. The van der Waals surface area contributed by atoms with Crippen molar-refractivity contribution in [2.45, 2.75) is 65.3 Å². The van der Waals surface area contributed by atoms with E-state index in [1.807, 2.05) is 0 Å². The van der Waals surface area contributed by atoms with Crippen LogP contribution in [0.5, 0.6) is 0 Å². The van der Waals surface area contributed by atoms with Crippen molar-refractivity contribution in [3.63, 3.8) is 0 Å². The molecule has 1 aliphatic rings. The van der Waals surface area contributed by atoms with Crippen molar-refractivity contribution >= 4 is 35.5 Å². The SMILES string of the molecule is CC(C)(C)C1CCCN1Cc1c(Cl)cc(Cl)c(=O)n1CCc1ccc(C(=O)O)cc1.O=CC(F)(F)F. The van der Waals surface area contributed by atoms with Crippen molar-refractivity contribution in [3.8, 4) is 0 Å². The van der Waals surface area contributed by atoms with E-state index in [0.717, 1.165) is 30.6 Å². The van der Waals surface area contributed by atoms with Gasteiger partial charge in [-0.05, 0) is 55.0 Å². The first-order valence-corrected chi connectivity index (χ1v) is 12.1. The van der Waals surface area contributed by atoms with Gasteiger partial charge in [-0.3, -0.25) is 14.5 Å². The summed E-state index contributed by atoms with van der Waals surface area (Å²) in [5.41, 5.74) is 1.87. The predicted octanol–water partition coefficient (Wildman–Crippen LogP) is 5.85. The normalized spacial score (nSPS) is 16.4. The van der Waals surface area contributed by atoms with Crippen LogP contribution >= 0.6 is 23.2 Å². The van der Waals surface area contributed by atoms with Crippen LogP contribution in [0.2, 0.25) is 10.0 Å². The van der Waals surface area contributed by atoms with E-state index in [4.69, 9.17) is 33.1 Å². The van der Waals surface area contributed by atoms with E-state index in [2.05, 4.69) is 25.7 Å². The number of carbonyl (C=O) groups is 2. The molecule has 11 heteroatoms. The van der Waals surface area contributed by atoms with Crippen LogP contribution in [0.1, 0.15) is 55.2 Å². The average molecular weight is 549 g/mol. The number of hydrogen-bond donors (Lipinski definition) is 1. The lowest BCUT2D eigenvalue weighted by molar-refractivity contribution is -0.156. The Morgan fingerprint density at radius 2 is 1.72 bits per heavy atom. The fourth-order valence-electron chi connectivity index (χ4n) is 4.28. The molecular formula is C25H29Cl2F3N2O4. The Balaban J connectivity index is 0.000000678. The number of alkyl halides is 3. The summed E-state index contributed by atoms with van der Waals surface area (Å²) in [6.07, 6.45) is -2.86. The lowest BCUT2D eigenvalue weighted by Gasteiger charge is -2.35. The first kappa shape index (κ1) is 29.9. The number of aromatic carboxylic acids is 1. The van der Waals surface area contributed by atoms with E-state index >= 15 is 0 Å². The van der Waals surface area contributed by atoms with Crippen LogP contribution in [0.3, 0.4) is 0 Å². The predicted molar refractivity (Wildman–Crippen MR) is 133 cm³/mol. The second kappa shape index (κ2) is 12.3. The Morgan fingerprint density at radius 3 is 2.22 bits per heavy atom. The number of aromatic nitrogens is 1. The molecule has 36 heavy (non-hydrogen) atoms. The van der Waals surface area contributed by atoms with E-state index in [-0.39, 0.29) is 21.6 Å². The van der Waals surface area contributed by atoms with Gasteiger partial charge in [0.1, 0.15) is 5.02 Å². The van der Waals surface area contributed by atoms with Gasteiger partial charge in [0.25, 0.3) is 5.56 Å². The van der Waals surface area contributed by atoms with Crippen LogP contribution in [-0.2, 0) is 24.3 Å². The first-order valence-electron chi connectivity index (χ1n) is 11.3. The van der Waals surface area contributed by atoms with Gasteiger partial charge in [0.2, 0.25) is 6.29 Å². The maximum Gasteiger partial charge on any atom is 0.446 e. The molecule has 1 N–H and O–H groups in total. The standard InChI is InChI=1S/C23H28Cl2N2O3.C2HF3O/c1-23(2,3)20-5-4-11-26(20)14-19-17(24)13-18(25)21(28)27(19)12-10-15-6-8-16(9-7-15)22(29)30;3-2(4,5)1-6/h6-9,13,20H,4-5,10-12,14H2,1-3H3,(H,29,30);1H. The monoisotopic (exact) mass is 548 g/mol. The van der Waals surface area contributed by atoms with E-state index < -0.39 is 18.4 Å². The van der Waals surface area contributed by atoms with Crippen LogP contribution in [0.15, 0.2) is 35.1 Å². The van der Waals surface area contributed by atoms with E-state index in [1.165, 1.54) is 0 Å². The number of aryl methyl sites for hydroxylation is 1. The summed E-state index contributed by atoms with van der Waals surface area (Å²) < 4.78 is 32.9. The van der Waals surface area contributed by atoms with Gasteiger partial charge in [-0.15, -0.1) is 0 Å². The Hall–Kier alpha value is -2.36. The zero-order valence-corrected chi connectivity index (χ0v) is 21.8. The van der Waals surface area contributed by atoms with Gasteiger partial charge in [0.15, 0.2) is 0 Å². The van der Waals surface area contributed by atoms with Crippen LogP contribution in [-0.4, -0.2) is 45.6 Å². The number of hydrogen-bond acceptors (Lipinski definition) is 4. The highest BCUT2D eigenvalue weighted by Crippen LogP contribution is 2.34.